The van der Waals surface area contributed by atoms with Crippen LogP contribution in [0.2, 0.25) is 0 Å². The molecule has 0 bridgehead atoms. The lowest BCUT2D eigenvalue weighted by atomic mass is 10.2. The molecule has 1 aromatic heterocycles. The SMILES string of the molecule is Cn1nccc1NC(=O)c1cc(N)cc(I)c1. The number of rotatable bonds is 2. The van der Waals surface area contributed by atoms with Crippen molar-refractivity contribution in [1.82, 2.24) is 9.78 Å². The second-order valence-electron chi connectivity index (χ2n) is 3.57. The van der Waals surface area contributed by atoms with E-state index in [0.717, 1.165) is 3.57 Å². The average molecular weight is 342 g/mol. The Morgan fingerprint density at radius 1 is 1.47 bits per heavy atom. The summed E-state index contributed by atoms with van der Waals surface area (Å²) in [5, 5.41) is 6.74. The summed E-state index contributed by atoms with van der Waals surface area (Å²) in [5.74, 6) is 0.450. The number of nitrogen functional groups attached to an aromatic ring is 1. The highest BCUT2D eigenvalue weighted by Crippen LogP contribution is 2.15. The number of benzene rings is 1. The lowest BCUT2D eigenvalue weighted by Crippen LogP contribution is -2.15. The van der Waals surface area contributed by atoms with Gasteiger partial charge in [0.2, 0.25) is 0 Å². The molecule has 0 aliphatic rings. The summed E-state index contributed by atoms with van der Waals surface area (Å²) >= 11 is 2.12. The van der Waals surface area contributed by atoms with Gasteiger partial charge in [0.05, 0.1) is 6.20 Å². The molecule has 6 heteroatoms. The van der Waals surface area contributed by atoms with E-state index in [0.29, 0.717) is 17.1 Å². The number of hydrogen-bond donors (Lipinski definition) is 2. The summed E-state index contributed by atoms with van der Waals surface area (Å²) in [5.41, 5.74) is 6.81. The molecule has 1 heterocycles. The zero-order valence-corrected chi connectivity index (χ0v) is 11.3. The Morgan fingerprint density at radius 2 is 2.24 bits per heavy atom. The first-order chi connectivity index (χ1) is 8.06. The number of carbonyl (C=O) groups is 1. The third kappa shape index (κ3) is 2.76. The minimum Gasteiger partial charge on any atom is -0.399 e. The molecule has 0 radical (unpaired) electrons. The molecular weight excluding hydrogens is 331 g/mol. The monoisotopic (exact) mass is 342 g/mol. The Balaban J connectivity index is 2.23. The van der Waals surface area contributed by atoms with Crippen LogP contribution < -0.4 is 11.1 Å². The standard InChI is InChI=1S/C11H11IN4O/c1-16-10(2-3-14-16)15-11(17)7-4-8(12)6-9(13)5-7/h2-6H,13H2,1H3,(H,15,17). The molecule has 0 saturated heterocycles. The van der Waals surface area contributed by atoms with Crippen molar-refractivity contribution in [2.45, 2.75) is 0 Å². The van der Waals surface area contributed by atoms with E-state index in [-0.39, 0.29) is 5.91 Å². The molecule has 88 valence electrons. The number of carbonyl (C=O) groups excluding carboxylic acids is 1. The van der Waals surface area contributed by atoms with Crippen molar-refractivity contribution >= 4 is 40.0 Å². The Bertz CT molecular complexity index is 544. The van der Waals surface area contributed by atoms with Crippen LogP contribution in [0.5, 0.6) is 0 Å². The third-order valence-electron chi connectivity index (χ3n) is 2.24. The molecule has 17 heavy (non-hydrogen) atoms. The molecule has 0 unspecified atom stereocenters. The topological polar surface area (TPSA) is 72.9 Å². The van der Waals surface area contributed by atoms with Crippen LogP contribution in [0.3, 0.4) is 0 Å². The number of anilines is 2. The van der Waals surface area contributed by atoms with Crippen LogP contribution in [-0.4, -0.2) is 15.7 Å². The number of nitrogens with two attached hydrogens (primary N) is 1. The molecule has 3 N–H and O–H groups in total. The number of nitrogens with one attached hydrogen (secondary N) is 1. The van der Waals surface area contributed by atoms with Crippen molar-refractivity contribution in [3.05, 3.63) is 39.6 Å². The highest BCUT2D eigenvalue weighted by atomic mass is 127. The number of aryl methyl sites for hydroxylation is 1. The predicted molar refractivity (Wildman–Crippen MR) is 74.7 cm³/mol. The van der Waals surface area contributed by atoms with Gasteiger partial charge in [0, 0.05) is 27.9 Å². The number of hydrogen-bond acceptors (Lipinski definition) is 3. The molecule has 0 spiro atoms. The highest BCUT2D eigenvalue weighted by molar-refractivity contribution is 14.1. The number of amides is 1. The molecule has 2 rings (SSSR count). The van der Waals surface area contributed by atoms with Crippen molar-refractivity contribution in [3.8, 4) is 0 Å². The van der Waals surface area contributed by atoms with Crippen molar-refractivity contribution in [2.75, 3.05) is 11.1 Å². The molecular formula is C11H11IN4O. The fourth-order valence-corrected chi connectivity index (χ4v) is 2.12. The van der Waals surface area contributed by atoms with Gasteiger partial charge in [0.25, 0.3) is 5.91 Å². The zero-order valence-electron chi connectivity index (χ0n) is 9.14. The van der Waals surface area contributed by atoms with Gasteiger partial charge in [0.15, 0.2) is 0 Å². The van der Waals surface area contributed by atoms with E-state index >= 15 is 0 Å². The minimum atomic E-state index is -0.196. The van der Waals surface area contributed by atoms with Crippen molar-refractivity contribution in [3.63, 3.8) is 0 Å². The first kappa shape index (κ1) is 11.9. The first-order valence-corrected chi connectivity index (χ1v) is 5.99. The largest absolute Gasteiger partial charge is 0.399 e. The molecule has 1 aromatic carbocycles. The van der Waals surface area contributed by atoms with Gasteiger partial charge >= 0.3 is 0 Å². The van der Waals surface area contributed by atoms with Crippen LogP contribution in [0.25, 0.3) is 0 Å². The summed E-state index contributed by atoms with van der Waals surface area (Å²) in [6, 6.07) is 6.97. The van der Waals surface area contributed by atoms with Crippen LogP contribution in [0.4, 0.5) is 11.5 Å². The van der Waals surface area contributed by atoms with Gasteiger partial charge in [-0.3, -0.25) is 9.48 Å². The second-order valence-corrected chi connectivity index (χ2v) is 4.81. The maximum Gasteiger partial charge on any atom is 0.256 e. The van der Waals surface area contributed by atoms with Crippen molar-refractivity contribution in [1.29, 1.82) is 0 Å². The van der Waals surface area contributed by atoms with Crippen LogP contribution in [0, 0.1) is 3.57 Å². The Kier molecular flexibility index (Phi) is 3.32. The summed E-state index contributed by atoms with van der Waals surface area (Å²) in [4.78, 5) is 12.0. The Labute approximate surface area is 112 Å². The molecule has 5 nitrogen and oxygen atoms in total. The molecule has 0 fully saturated rings. The van der Waals surface area contributed by atoms with E-state index in [2.05, 4.69) is 33.0 Å². The number of halogens is 1. The van der Waals surface area contributed by atoms with Crippen LogP contribution >= 0.6 is 22.6 Å². The molecule has 0 atom stereocenters. The van der Waals surface area contributed by atoms with E-state index in [1.807, 2.05) is 0 Å². The van der Waals surface area contributed by atoms with E-state index in [4.69, 9.17) is 5.73 Å². The maximum absolute atomic E-state index is 12.0. The zero-order chi connectivity index (χ0) is 12.4. The van der Waals surface area contributed by atoms with Crippen LogP contribution in [0.15, 0.2) is 30.5 Å². The smallest absolute Gasteiger partial charge is 0.256 e. The fourth-order valence-electron chi connectivity index (χ4n) is 1.43. The van der Waals surface area contributed by atoms with E-state index in [9.17, 15) is 4.79 Å². The van der Waals surface area contributed by atoms with Crippen LogP contribution in [-0.2, 0) is 7.05 Å². The van der Waals surface area contributed by atoms with Gasteiger partial charge in [-0.15, -0.1) is 0 Å². The van der Waals surface area contributed by atoms with E-state index < -0.39 is 0 Å². The second kappa shape index (κ2) is 4.74. The highest BCUT2D eigenvalue weighted by Gasteiger charge is 2.09. The molecule has 2 aromatic rings. The number of aromatic nitrogens is 2. The minimum absolute atomic E-state index is 0.196. The van der Waals surface area contributed by atoms with Crippen molar-refractivity contribution < 1.29 is 4.79 Å². The quantitative estimate of drug-likeness (QED) is 0.646. The lowest BCUT2D eigenvalue weighted by molar-refractivity contribution is 0.102. The summed E-state index contributed by atoms with van der Waals surface area (Å²) < 4.78 is 2.52. The van der Waals surface area contributed by atoms with Gasteiger partial charge in [-0.05, 0) is 40.8 Å². The summed E-state index contributed by atoms with van der Waals surface area (Å²) in [7, 11) is 1.76. The van der Waals surface area contributed by atoms with E-state index in [1.54, 1.807) is 42.2 Å². The Hall–Kier alpha value is -1.57. The third-order valence-corrected chi connectivity index (χ3v) is 2.87. The van der Waals surface area contributed by atoms with Gasteiger partial charge in [-0.1, -0.05) is 0 Å². The Morgan fingerprint density at radius 3 is 2.82 bits per heavy atom. The van der Waals surface area contributed by atoms with Gasteiger partial charge in [0.1, 0.15) is 5.82 Å². The van der Waals surface area contributed by atoms with Gasteiger partial charge in [-0.2, -0.15) is 5.10 Å². The maximum atomic E-state index is 12.0. The molecule has 0 saturated carbocycles. The predicted octanol–water partition coefficient (Wildman–Crippen LogP) is 1.86. The normalized spacial score (nSPS) is 10.2. The van der Waals surface area contributed by atoms with E-state index in [1.165, 1.54) is 0 Å². The molecule has 0 aliphatic carbocycles. The summed E-state index contributed by atoms with van der Waals surface area (Å²) in [6.45, 7) is 0. The average Bonchev–Trinajstić information content (AvgIpc) is 2.63. The van der Waals surface area contributed by atoms with Gasteiger partial charge < -0.3 is 11.1 Å². The summed E-state index contributed by atoms with van der Waals surface area (Å²) in [6.07, 6.45) is 1.62. The molecule has 0 aliphatic heterocycles. The van der Waals surface area contributed by atoms with Crippen LogP contribution in [0.1, 0.15) is 10.4 Å². The first-order valence-electron chi connectivity index (χ1n) is 4.91. The van der Waals surface area contributed by atoms with Gasteiger partial charge in [-0.25, -0.2) is 0 Å². The van der Waals surface area contributed by atoms with Crippen molar-refractivity contribution in [2.24, 2.45) is 7.05 Å². The lowest BCUT2D eigenvalue weighted by Gasteiger charge is -2.06. The fraction of sp³-hybridized carbons (Fsp3) is 0.0909. The molecule has 1 amide bonds. The number of nitrogens with zero attached hydrogens (tertiary/aromatic N) is 2.